The summed E-state index contributed by atoms with van der Waals surface area (Å²) < 4.78 is 2.51. The molecule has 2 heteroatoms. The van der Waals surface area contributed by atoms with Crippen LogP contribution in [0.15, 0.2) is 92.6 Å². The minimum absolute atomic E-state index is 0.353. The van der Waals surface area contributed by atoms with Gasteiger partial charge in [0.25, 0.3) is 0 Å². The summed E-state index contributed by atoms with van der Waals surface area (Å²) in [5.41, 5.74) is 8.93. The van der Waals surface area contributed by atoms with Crippen molar-refractivity contribution in [1.82, 2.24) is 9.55 Å². The summed E-state index contributed by atoms with van der Waals surface area (Å²) in [6.07, 6.45) is 18.1. The van der Waals surface area contributed by atoms with Crippen LogP contribution >= 0.6 is 0 Å². The molecule has 0 amide bonds. The second-order valence-corrected chi connectivity index (χ2v) is 13.7. The van der Waals surface area contributed by atoms with Crippen molar-refractivity contribution >= 4 is 22.2 Å². The molecular formula is C45H70N2. The lowest BCUT2D eigenvalue weighted by Gasteiger charge is -2.22. The fraction of sp³-hybridized carbons (Fsp3) is 0.489. The van der Waals surface area contributed by atoms with Gasteiger partial charge in [0.15, 0.2) is 0 Å². The van der Waals surface area contributed by atoms with E-state index in [1.54, 1.807) is 6.08 Å². The van der Waals surface area contributed by atoms with Crippen molar-refractivity contribution in [3.63, 3.8) is 0 Å². The maximum absolute atomic E-state index is 5.21. The highest BCUT2D eigenvalue weighted by Crippen LogP contribution is 2.34. The molecule has 0 spiro atoms. The topological polar surface area (TPSA) is 17.8 Å². The highest BCUT2D eigenvalue weighted by Gasteiger charge is 2.21. The molecule has 2 atom stereocenters. The second-order valence-electron chi connectivity index (χ2n) is 13.7. The van der Waals surface area contributed by atoms with E-state index in [1.807, 2.05) is 20.8 Å². The molecule has 0 bridgehead atoms. The van der Waals surface area contributed by atoms with E-state index in [9.17, 15) is 0 Å². The molecule has 3 rings (SSSR count). The van der Waals surface area contributed by atoms with Crippen molar-refractivity contribution in [1.29, 1.82) is 0 Å². The smallest absolute Gasteiger partial charge is 0.141 e. The van der Waals surface area contributed by atoms with Crippen LogP contribution in [0.1, 0.15) is 143 Å². The molecule has 1 aromatic heterocycles. The number of hydrogen-bond donors (Lipinski definition) is 0. The summed E-state index contributed by atoms with van der Waals surface area (Å²) in [4.78, 5) is 5.21. The van der Waals surface area contributed by atoms with E-state index in [2.05, 4.69) is 153 Å². The van der Waals surface area contributed by atoms with Crippen LogP contribution in [0.2, 0.25) is 0 Å². The first kappa shape index (κ1) is 43.6. The number of allylic oxidation sites excluding steroid dienone is 7. The van der Waals surface area contributed by atoms with E-state index >= 15 is 0 Å². The number of benzene rings is 2. The lowest BCUT2D eigenvalue weighted by atomic mass is 9.90. The van der Waals surface area contributed by atoms with E-state index in [0.717, 1.165) is 29.8 Å². The summed E-state index contributed by atoms with van der Waals surface area (Å²) >= 11 is 0. The number of rotatable bonds is 14. The summed E-state index contributed by atoms with van der Waals surface area (Å²) in [7, 11) is 0. The van der Waals surface area contributed by atoms with E-state index < -0.39 is 0 Å². The molecule has 0 radical (unpaired) electrons. The third-order valence-electron chi connectivity index (χ3n) is 7.35. The number of aromatic nitrogens is 2. The molecule has 0 saturated carbocycles. The van der Waals surface area contributed by atoms with Gasteiger partial charge >= 0.3 is 0 Å². The van der Waals surface area contributed by atoms with Crippen molar-refractivity contribution in [2.24, 2.45) is 11.3 Å². The van der Waals surface area contributed by atoms with E-state index in [1.165, 1.54) is 59.9 Å². The molecule has 0 fully saturated rings. The third kappa shape index (κ3) is 16.3. The molecule has 2 unspecified atom stereocenters. The fourth-order valence-electron chi connectivity index (χ4n) is 5.25. The largest absolute Gasteiger partial charge is 0.321 e. The standard InChI is InChI=1S/C35H46N2.C5H12.C3H6.C2H6/c1-8-13-16-32(15-10-3)37-34-22-21-31(25-33(34)36-35(37)30(12-5)14-9-2)27(7)23-28(11-4)24-29-19-17-26(6)18-20-29;1-5(2,3)4;1-3-2;1-2/h9,11-12,14,17-22,25,28,32H,4,7-8,10,13,15-16,23-24H2,1-3,5-6H3;1-4H3;3H,1H2,2H3;1-2H3/b14-9-,30-12+;;;. The molecule has 1 heterocycles. The van der Waals surface area contributed by atoms with E-state index in [-0.39, 0.29) is 0 Å². The summed E-state index contributed by atoms with van der Waals surface area (Å²) in [6, 6.07) is 16.0. The Labute approximate surface area is 291 Å². The zero-order valence-electron chi connectivity index (χ0n) is 32.5. The number of imidazole rings is 1. The normalized spacial score (nSPS) is 12.6. The molecular weight excluding hydrogens is 569 g/mol. The Morgan fingerprint density at radius 2 is 1.51 bits per heavy atom. The summed E-state index contributed by atoms with van der Waals surface area (Å²) in [6.45, 7) is 37.5. The maximum atomic E-state index is 5.21. The first-order valence-corrected chi connectivity index (χ1v) is 18.1. The second kappa shape index (κ2) is 23.9. The molecule has 0 N–H and O–H groups in total. The fourth-order valence-corrected chi connectivity index (χ4v) is 5.25. The van der Waals surface area contributed by atoms with Gasteiger partial charge in [-0.25, -0.2) is 4.98 Å². The summed E-state index contributed by atoms with van der Waals surface area (Å²) in [5.74, 6) is 1.43. The van der Waals surface area contributed by atoms with Gasteiger partial charge in [-0.2, -0.15) is 0 Å². The highest BCUT2D eigenvalue weighted by atomic mass is 15.1. The Hall–Kier alpha value is -3.39. The maximum Gasteiger partial charge on any atom is 0.141 e. The first-order valence-electron chi connectivity index (χ1n) is 18.1. The average Bonchev–Trinajstić information content (AvgIpc) is 3.41. The van der Waals surface area contributed by atoms with Gasteiger partial charge in [-0.3, -0.25) is 0 Å². The van der Waals surface area contributed by atoms with Crippen LogP contribution in [0.4, 0.5) is 0 Å². The molecule has 0 saturated heterocycles. The SMILES string of the molecule is C=CC.C=CC(CC(=C)c1ccc2c(c1)nc(C(/C=C\C)=C/C)n2C(CCC)CCCC)Cc1ccc(C)cc1.CC.CC(C)(C)C. The van der Waals surface area contributed by atoms with Gasteiger partial charge in [0.2, 0.25) is 0 Å². The predicted molar refractivity (Wildman–Crippen MR) is 216 cm³/mol. The Morgan fingerprint density at radius 3 is 2.00 bits per heavy atom. The average molecular weight is 639 g/mol. The number of unbranched alkanes of at least 4 members (excludes halogenated alkanes) is 1. The number of fused-ring (bicyclic) bond motifs is 1. The van der Waals surface area contributed by atoms with Crippen LogP contribution in [0, 0.1) is 18.3 Å². The Bertz CT molecular complexity index is 1370. The molecule has 0 aliphatic rings. The molecule has 47 heavy (non-hydrogen) atoms. The lowest BCUT2D eigenvalue weighted by Crippen LogP contribution is -2.12. The predicted octanol–water partition coefficient (Wildman–Crippen LogP) is 14.6. The van der Waals surface area contributed by atoms with Gasteiger partial charge < -0.3 is 4.57 Å². The first-order chi connectivity index (χ1) is 22.4. The quantitative estimate of drug-likeness (QED) is 0.127. The summed E-state index contributed by atoms with van der Waals surface area (Å²) in [5, 5.41) is 0. The number of nitrogens with zero attached hydrogens (tertiary/aromatic N) is 2. The van der Waals surface area contributed by atoms with Crippen molar-refractivity contribution in [3.05, 3.63) is 115 Å². The molecule has 0 aliphatic heterocycles. The third-order valence-corrected chi connectivity index (χ3v) is 7.35. The van der Waals surface area contributed by atoms with Crippen LogP contribution in [-0.4, -0.2) is 9.55 Å². The molecule has 3 aromatic rings. The van der Waals surface area contributed by atoms with Gasteiger partial charge in [0, 0.05) is 11.6 Å². The van der Waals surface area contributed by atoms with Gasteiger partial charge in [0.1, 0.15) is 5.82 Å². The zero-order chi connectivity index (χ0) is 36.0. The van der Waals surface area contributed by atoms with Crippen molar-refractivity contribution < 1.29 is 0 Å². The van der Waals surface area contributed by atoms with Crippen LogP contribution in [0.5, 0.6) is 0 Å². The van der Waals surface area contributed by atoms with Crippen molar-refractivity contribution in [2.45, 2.75) is 134 Å². The van der Waals surface area contributed by atoms with Crippen LogP contribution in [0.3, 0.4) is 0 Å². The lowest BCUT2D eigenvalue weighted by molar-refractivity contribution is 0.423. The van der Waals surface area contributed by atoms with Crippen LogP contribution < -0.4 is 0 Å². The van der Waals surface area contributed by atoms with Crippen molar-refractivity contribution in [2.75, 3.05) is 0 Å². The Balaban J connectivity index is 0.00000187. The zero-order valence-corrected chi connectivity index (χ0v) is 32.5. The van der Waals surface area contributed by atoms with Crippen LogP contribution in [0.25, 0.3) is 22.2 Å². The Kier molecular flexibility index (Phi) is 22.1. The minimum Gasteiger partial charge on any atom is -0.321 e. The van der Waals surface area contributed by atoms with Gasteiger partial charge in [-0.1, -0.05) is 148 Å². The minimum atomic E-state index is 0.353. The number of hydrogen-bond acceptors (Lipinski definition) is 1. The van der Waals surface area contributed by atoms with Gasteiger partial charge in [-0.15, -0.1) is 13.2 Å². The highest BCUT2D eigenvalue weighted by molar-refractivity contribution is 5.85. The van der Waals surface area contributed by atoms with Gasteiger partial charge in [-0.05, 0) is 93.5 Å². The van der Waals surface area contributed by atoms with E-state index in [4.69, 9.17) is 4.98 Å². The monoisotopic (exact) mass is 639 g/mol. The molecule has 0 aliphatic carbocycles. The number of aryl methyl sites for hydroxylation is 1. The molecule has 2 aromatic carbocycles. The van der Waals surface area contributed by atoms with Crippen LogP contribution in [-0.2, 0) is 6.42 Å². The van der Waals surface area contributed by atoms with Crippen molar-refractivity contribution in [3.8, 4) is 0 Å². The molecule has 260 valence electrons. The molecule has 2 nitrogen and oxygen atoms in total. The van der Waals surface area contributed by atoms with E-state index in [0.29, 0.717) is 17.4 Å². The Morgan fingerprint density at radius 1 is 0.915 bits per heavy atom. The van der Waals surface area contributed by atoms with Gasteiger partial charge in [0.05, 0.1) is 11.0 Å².